The van der Waals surface area contributed by atoms with Crippen LogP contribution in [0.25, 0.3) is 0 Å². The molecule has 1 aliphatic heterocycles. The minimum absolute atomic E-state index is 0.358. The first-order valence-corrected chi connectivity index (χ1v) is 5.91. The van der Waals surface area contributed by atoms with E-state index in [0.29, 0.717) is 11.5 Å². The molecule has 1 heterocycles. The molecule has 0 N–H and O–H groups in total. The summed E-state index contributed by atoms with van der Waals surface area (Å²) in [6.45, 7) is 3.70. The SMILES string of the molecule is CC(/C=C1\C=CC(=O)O1)=N\N=C(/C)c1ccccc1. The van der Waals surface area contributed by atoms with Crippen LogP contribution in [-0.2, 0) is 9.53 Å². The van der Waals surface area contributed by atoms with Gasteiger partial charge in [-0.05, 0) is 25.5 Å². The molecule has 0 spiro atoms. The number of ether oxygens (including phenoxy) is 1. The van der Waals surface area contributed by atoms with Crippen LogP contribution >= 0.6 is 0 Å². The predicted molar refractivity (Wildman–Crippen MR) is 75.1 cm³/mol. The van der Waals surface area contributed by atoms with Crippen molar-refractivity contribution in [3.8, 4) is 0 Å². The maximum Gasteiger partial charge on any atom is 0.336 e. The molecule has 4 nitrogen and oxygen atoms in total. The monoisotopic (exact) mass is 254 g/mol. The Morgan fingerprint density at radius 3 is 2.47 bits per heavy atom. The Bertz CT molecular complexity index is 596. The quantitative estimate of drug-likeness (QED) is 0.473. The van der Waals surface area contributed by atoms with Crippen molar-refractivity contribution >= 4 is 17.4 Å². The first-order valence-electron chi connectivity index (χ1n) is 5.91. The number of rotatable bonds is 3. The highest BCUT2D eigenvalue weighted by Crippen LogP contribution is 2.09. The van der Waals surface area contributed by atoms with Crippen molar-refractivity contribution in [2.45, 2.75) is 13.8 Å². The van der Waals surface area contributed by atoms with Gasteiger partial charge in [-0.25, -0.2) is 4.79 Å². The van der Waals surface area contributed by atoms with Crippen molar-refractivity contribution in [2.24, 2.45) is 10.2 Å². The number of esters is 1. The van der Waals surface area contributed by atoms with Crippen LogP contribution in [0.15, 0.2) is 64.5 Å². The standard InChI is InChI=1S/C15H14N2O2/c1-11(10-14-8-9-15(18)19-14)16-17-12(2)13-6-4-3-5-7-13/h3-10H,1-2H3/b14-10+,16-11+,17-12+. The van der Waals surface area contributed by atoms with Crippen LogP contribution in [0.5, 0.6) is 0 Å². The summed E-state index contributed by atoms with van der Waals surface area (Å²) in [7, 11) is 0. The molecule has 19 heavy (non-hydrogen) atoms. The van der Waals surface area contributed by atoms with E-state index >= 15 is 0 Å². The first kappa shape index (κ1) is 13.0. The van der Waals surface area contributed by atoms with Gasteiger partial charge in [0.1, 0.15) is 5.76 Å². The van der Waals surface area contributed by atoms with Crippen LogP contribution < -0.4 is 0 Å². The zero-order valence-electron chi connectivity index (χ0n) is 10.8. The van der Waals surface area contributed by atoms with Crippen LogP contribution in [0, 0.1) is 0 Å². The number of hydrogen-bond donors (Lipinski definition) is 0. The molecule has 0 unspecified atom stereocenters. The van der Waals surface area contributed by atoms with E-state index in [0.717, 1.165) is 11.3 Å². The van der Waals surface area contributed by atoms with E-state index in [1.807, 2.05) is 37.3 Å². The van der Waals surface area contributed by atoms with Crippen LogP contribution in [0.2, 0.25) is 0 Å². The summed E-state index contributed by atoms with van der Waals surface area (Å²) in [4.78, 5) is 10.9. The fourth-order valence-electron chi connectivity index (χ4n) is 1.54. The fraction of sp³-hybridized carbons (Fsp3) is 0.133. The number of cyclic esters (lactones) is 1. The second-order valence-electron chi connectivity index (χ2n) is 4.09. The molecule has 0 saturated carbocycles. The Morgan fingerprint density at radius 1 is 1.11 bits per heavy atom. The van der Waals surface area contributed by atoms with Gasteiger partial charge in [0, 0.05) is 12.2 Å². The second-order valence-corrected chi connectivity index (χ2v) is 4.09. The highest BCUT2D eigenvalue weighted by atomic mass is 16.5. The molecule has 1 aliphatic rings. The largest absolute Gasteiger partial charge is 0.423 e. The van der Waals surface area contributed by atoms with Crippen LogP contribution in [-0.4, -0.2) is 17.4 Å². The van der Waals surface area contributed by atoms with Gasteiger partial charge in [0.2, 0.25) is 0 Å². The molecule has 0 amide bonds. The van der Waals surface area contributed by atoms with E-state index in [1.54, 1.807) is 19.1 Å². The van der Waals surface area contributed by atoms with E-state index in [4.69, 9.17) is 4.74 Å². The van der Waals surface area contributed by atoms with Gasteiger partial charge in [0.05, 0.1) is 11.4 Å². The lowest BCUT2D eigenvalue weighted by Gasteiger charge is -1.98. The highest BCUT2D eigenvalue weighted by molar-refractivity contribution is 6.00. The Hall–Kier alpha value is -2.49. The molecule has 0 radical (unpaired) electrons. The Kier molecular flexibility index (Phi) is 4.03. The van der Waals surface area contributed by atoms with Crippen molar-refractivity contribution in [1.82, 2.24) is 0 Å². The molecule has 0 fully saturated rings. The lowest BCUT2D eigenvalue weighted by molar-refractivity contribution is -0.132. The molecule has 1 aromatic carbocycles. The summed E-state index contributed by atoms with van der Waals surface area (Å²) in [6, 6.07) is 9.81. The first-order chi connectivity index (χ1) is 9.15. The molecule has 0 aromatic heterocycles. The van der Waals surface area contributed by atoms with Gasteiger partial charge in [-0.2, -0.15) is 10.2 Å². The molecule has 2 rings (SSSR count). The number of carbonyl (C=O) groups is 1. The topological polar surface area (TPSA) is 51.0 Å². The molecule has 0 saturated heterocycles. The fourth-order valence-corrected chi connectivity index (χ4v) is 1.54. The summed E-state index contributed by atoms with van der Waals surface area (Å²) in [5.41, 5.74) is 2.53. The summed E-state index contributed by atoms with van der Waals surface area (Å²) in [5, 5.41) is 8.24. The van der Waals surface area contributed by atoms with Gasteiger partial charge in [-0.1, -0.05) is 30.3 Å². The zero-order valence-corrected chi connectivity index (χ0v) is 10.8. The number of hydrogen-bond acceptors (Lipinski definition) is 4. The Morgan fingerprint density at radius 2 is 1.84 bits per heavy atom. The van der Waals surface area contributed by atoms with E-state index in [2.05, 4.69) is 10.2 Å². The summed E-state index contributed by atoms with van der Waals surface area (Å²) >= 11 is 0. The molecule has 1 aromatic rings. The molecule has 96 valence electrons. The Labute approximate surface area is 111 Å². The van der Waals surface area contributed by atoms with Crippen molar-refractivity contribution in [2.75, 3.05) is 0 Å². The van der Waals surface area contributed by atoms with E-state index < -0.39 is 0 Å². The van der Waals surface area contributed by atoms with Crippen LogP contribution in [0.4, 0.5) is 0 Å². The molecule has 0 aliphatic carbocycles. The molecular weight excluding hydrogens is 240 g/mol. The van der Waals surface area contributed by atoms with Crippen molar-refractivity contribution < 1.29 is 9.53 Å². The van der Waals surface area contributed by atoms with Gasteiger partial charge >= 0.3 is 5.97 Å². The normalized spacial score (nSPS) is 18.0. The van der Waals surface area contributed by atoms with Gasteiger partial charge in [-0.3, -0.25) is 0 Å². The van der Waals surface area contributed by atoms with Gasteiger partial charge in [0.25, 0.3) is 0 Å². The number of allylic oxidation sites excluding steroid dienone is 2. The van der Waals surface area contributed by atoms with Crippen LogP contribution in [0.3, 0.4) is 0 Å². The third kappa shape index (κ3) is 3.74. The smallest absolute Gasteiger partial charge is 0.336 e. The lowest BCUT2D eigenvalue weighted by atomic mass is 10.1. The average Bonchev–Trinajstić information content (AvgIpc) is 2.82. The van der Waals surface area contributed by atoms with Gasteiger partial charge < -0.3 is 4.74 Å². The third-order valence-corrected chi connectivity index (χ3v) is 2.50. The van der Waals surface area contributed by atoms with Crippen molar-refractivity contribution in [3.05, 3.63) is 59.9 Å². The van der Waals surface area contributed by atoms with Crippen molar-refractivity contribution in [1.29, 1.82) is 0 Å². The second kappa shape index (κ2) is 5.91. The summed E-state index contributed by atoms with van der Waals surface area (Å²) in [6.07, 6.45) is 4.65. The van der Waals surface area contributed by atoms with E-state index in [-0.39, 0.29) is 5.97 Å². The molecule has 0 atom stereocenters. The average molecular weight is 254 g/mol. The highest BCUT2D eigenvalue weighted by Gasteiger charge is 2.08. The number of carbonyl (C=O) groups excluding carboxylic acids is 1. The van der Waals surface area contributed by atoms with Gasteiger partial charge in [0.15, 0.2) is 0 Å². The Balaban J connectivity index is 2.10. The minimum atomic E-state index is -0.358. The number of nitrogens with zero attached hydrogens (tertiary/aromatic N) is 2. The lowest BCUT2D eigenvalue weighted by Crippen LogP contribution is -1.95. The maximum absolute atomic E-state index is 10.9. The zero-order chi connectivity index (χ0) is 13.7. The van der Waals surface area contributed by atoms with Gasteiger partial charge in [-0.15, -0.1) is 0 Å². The third-order valence-electron chi connectivity index (χ3n) is 2.50. The summed E-state index contributed by atoms with van der Waals surface area (Å²) in [5.74, 6) is 0.127. The minimum Gasteiger partial charge on any atom is -0.423 e. The van der Waals surface area contributed by atoms with Crippen LogP contribution in [0.1, 0.15) is 19.4 Å². The summed E-state index contributed by atoms with van der Waals surface area (Å²) < 4.78 is 4.91. The van der Waals surface area contributed by atoms with Crippen molar-refractivity contribution in [3.63, 3.8) is 0 Å². The maximum atomic E-state index is 10.9. The van der Waals surface area contributed by atoms with E-state index in [1.165, 1.54) is 6.08 Å². The van der Waals surface area contributed by atoms with E-state index in [9.17, 15) is 4.79 Å². The molecule has 0 bridgehead atoms. The predicted octanol–water partition coefficient (Wildman–Crippen LogP) is 2.87. The molecular formula is C15H14N2O2. The molecule has 4 heteroatoms. The number of benzene rings is 1.